The van der Waals surface area contributed by atoms with Crippen molar-refractivity contribution in [3.63, 3.8) is 0 Å². The molecule has 0 spiro atoms. The largest absolute Gasteiger partial charge is 0.404 e. The second-order valence-electron chi connectivity index (χ2n) is 13.7. The Kier molecular flexibility index (Phi) is 13.9. The smallest absolute Gasteiger partial charge is 0.261 e. The van der Waals surface area contributed by atoms with Gasteiger partial charge in [-0.2, -0.15) is 0 Å². The summed E-state index contributed by atoms with van der Waals surface area (Å²) in [6.45, 7) is 18.9. The predicted molar refractivity (Wildman–Crippen MR) is 197 cm³/mol. The summed E-state index contributed by atoms with van der Waals surface area (Å²) in [5, 5.41) is 2.65. The lowest BCUT2D eigenvalue weighted by molar-refractivity contribution is 0.338. The zero-order chi connectivity index (χ0) is 32.0. The van der Waals surface area contributed by atoms with Crippen molar-refractivity contribution in [1.29, 1.82) is 0 Å². The van der Waals surface area contributed by atoms with Gasteiger partial charge in [-0.3, -0.25) is 0 Å². The molecule has 3 aromatic rings. The molecule has 0 aliphatic heterocycles. The molecule has 44 heavy (non-hydrogen) atoms. The molecule has 0 fully saturated rings. The van der Waals surface area contributed by atoms with Crippen molar-refractivity contribution in [2.45, 2.75) is 98.5 Å². The maximum atomic E-state index is 7.08. The van der Waals surface area contributed by atoms with Gasteiger partial charge in [-0.25, -0.2) is 0 Å². The average molecular weight is 605 g/mol. The predicted octanol–water partition coefficient (Wildman–Crippen LogP) is 11.1. The van der Waals surface area contributed by atoms with Crippen molar-refractivity contribution in [3.05, 3.63) is 143 Å². The number of hydrogen-bond donors (Lipinski definition) is 0. The number of benzene rings is 3. The Morgan fingerprint density at radius 2 is 1.14 bits per heavy atom. The van der Waals surface area contributed by atoms with Crippen LogP contribution in [0.2, 0.25) is 5.04 Å². The third kappa shape index (κ3) is 10.5. The summed E-state index contributed by atoms with van der Waals surface area (Å²) in [5.74, 6) is 0.413. The van der Waals surface area contributed by atoms with Gasteiger partial charge in [0.05, 0.1) is 6.61 Å². The minimum absolute atomic E-state index is 0.00889. The van der Waals surface area contributed by atoms with Crippen LogP contribution in [0.25, 0.3) is 0 Å². The molecule has 0 aliphatic rings. The fraction of sp³-hybridized carbons (Fsp3) is 0.381. The Morgan fingerprint density at radius 3 is 1.66 bits per heavy atom. The molecule has 0 saturated heterocycles. The van der Waals surface area contributed by atoms with E-state index >= 15 is 0 Å². The second kappa shape index (κ2) is 17.3. The molecule has 0 aromatic heterocycles. The van der Waals surface area contributed by atoms with Gasteiger partial charge >= 0.3 is 0 Å². The zero-order valence-corrected chi connectivity index (χ0v) is 29.7. The summed E-state index contributed by atoms with van der Waals surface area (Å²) >= 11 is 0. The number of rotatable bonds is 15. The summed E-state index contributed by atoms with van der Waals surface area (Å²) in [7, 11) is -2.51. The quantitative estimate of drug-likeness (QED) is 0.124. The first kappa shape index (κ1) is 35.3. The van der Waals surface area contributed by atoms with Gasteiger partial charge in [-0.05, 0) is 87.7 Å². The summed E-state index contributed by atoms with van der Waals surface area (Å²) in [5.41, 5.74) is 7.13. The van der Waals surface area contributed by atoms with Crippen LogP contribution in [-0.2, 0) is 4.43 Å². The highest BCUT2D eigenvalue weighted by molar-refractivity contribution is 6.99. The molecule has 0 amide bonds. The molecule has 3 rings (SSSR count). The minimum Gasteiger partial charge on any atom is -0.404 e. The minimum atomic E-state index is -2.51. The summed E-state index contributed by atoms with van der Waals surface area (Å²) in [6.07, 6.45) is 15.0. The highest BCUT2D eigenvalue weighted by atomic mass is 28.4. The molecular weight excluding hydrogens is 549 g/mol. The fourth-order valence-corrected chi connectivity index (χ4v) is 10.6. The van der Waals surface area contributed by atoms with E-state index in [4.69, 9.17) is 4.43 Å². The van der Waals surface area contributed by atoms with Gasteiger partial charge in [0.1, 0.15) is 0 Å². The Morgan fingerprint density at radius 1 is 0.636 bits per heavy atom. The Bertz CT molecular complexity index is 1340. The SMILES string of the molecule is CC(C)=CCC/C(C)=C/C(C/C(C)=C\CC/C(C)=C\CO[Si](c1ccccc1)(c1ccccc1)C(C)(C)C)c1ccccc1. The standard InChI is InChI=1S/C42H56OSi/c1-34(2)20-18-22-36(4)32-39(38-24-12-9-13-25-38)33-37(5)23-19-21-35(3)30-31-43-44(42(6,7)8,40-26-14-10-15-27-40)41-28-16-11-17-29-41/h9-17,20,23-30,32,39H,18-19,21-22,31,33H2,1-8H3/b35-30-,36-32+,37-23-. The highest BCUT2D eigenvalue weighted by Crippen LogP contribution is 2.37. The Labute approximate surface area is 270 Å². The molecule has 1 unspecified atom stereocenters. The summed E-state index contributed by atoms with van der Waals surface area (Å²) in [6, 6.07) is 32.8. The van der Waals surface area contributed by atoms with Crippen molar-refractivity contribution in [2.24, 2.45) is 0 Å². The van der Waals surface area contributed by atoms with Gasteiger partial charge in [0.2, 0.25) is 0 Å². The molecular formula is C42H56OSi. The third-order valence-corrected chi connectivity index (χ3v) is 13.5. The van der Waals surface area contributed by atoms with E-state index < -0.39 is 8.32 Å². The molecule has 2 heteroatoms. The van der Waals surface area contributed by atoms with Gasteiger partial charge in [-0.1, -0.05) is 158 Å². The first-order chi connectivity index (χ1) is 21.0. The zero-order valence-electron chi connectivity index (χ0n) is 28.7. The first-order valence-corrected chi connectivity index (χ1v) is 18.4. The molecule has 0 bridgehead atoms. The molecule has 0 aliphatic carbocycles. The van der Waals surface area contributed by atoms with Crippen molar-refractivity contribution >= 4 is 18.7 Å². The lowest BCUT2D eigenvalue weighted by Gasteiger charge is -2.42. The van der Waals surface area contributed by atoms with E-state index in [0.717, 1.165) is 32.1 Å². The highest BCUT2D eigenvalue weighted by Gasteiger charge is 2.49. The van der Waals surface area contributed by atoms with E-state index in [1.54, 1.807) is 0 Å². The first-order valence-electron chi connectivity index (χ1n) is 16.4. The summed E-state index contributed by atoms with van der Waals surface area (Å²) in [4.78, 5) is 0. The molecule has 0 N–H and O–H groups in total. The number of hydrogen-bond acceptors (Lipinski definition) is 1. The molecule has 1 nitrogen and oxygen atoms in total. The van der Waals surface area contributed by atoms with Crippen LogP contribution in [0.5, 0.6) is 0 Å². The monoisotopic (exact) mass is 604 g/mol. The van der Waals surface area contributed by atoms with E-state index in [1.165, 1.54) is 38.2 Å². The maximum Gasteiger partial charge on any atom is 0.261 e. The van der Waals surface area contributed by atoms with Crippen LogP contribution in [0.3, 0.4) is 0 Å². The van der Waals surface area contributed by atoms with Crippen molar-refractivity contribution in [2.75, 3.05) is 6.61 Å². The Hall–Kier alpha value is -3.20. The lowest BCUT2D eigenvalue weighted by atomic mass is 9.89. The van der Waals surface area contributed by atoms with E-state index in [2.05, 4.69) is 171 Å². The van der Waals surface area contributed by atoms with Gasteiger partial charge < -0.3 is 4.43 Å². The van der Waals surface area contributed by atoms with E-state index in [-0.39, 0.29) is 5.04 Å². The van der Waals surface area contributed by atoms with Crippen LogP contribution in [0.15, 0.2) is 138 Å². The second-order valence-corrected chi connectivity index (χ2v) is 18.0. The van der Waals surface area contributed by atoms with Crippen molar-refractivity contribution < 1.29 is 4.43 Å². The van der Waals surface area contributed by atoms with Crippen LogP contribution < -0.4 is 10.4 Å². The molecule has 3 aromatic carbocycles. The van der Waals surface area contributed by atoms with Crippen LogP contribution >= 0.6 is 0 Å². The fourth-order valence-electron chi connectivity index (χ4n) is 6.14. The van der Waals surface area contributed by atoms with Crippen LogP contribution in [0.1, 0.15) is 99.0 Å². The number of allylic oxidation sites excluding steroid dienone is 7. The van der Waals surface area contributed by atoms with Gasteiger partial charge in [0.15, 0.2) is 0 Å². The van der Waals surface area contributed by atoms with Gasteiger partial charge in [0, 0.05) is 5.92 Å². The van der Waals surface area contributed by atoms with E-state index in [0.29, 0.717) is 12.5 Å². The molecule has 0 saturated carbocycles. The maximum absolute atomic E-state index is 7.08. The van der Waals surface area contributed by atoms with Gasteiger partial charge in [0.25, 0.3) is 8.32 Å². The molecule has 234 valence electrons. The Balaban J connectivity index is 1.68. The average Bonchev–Trinajstić information content (AvgIpc) is 2.99. The topological polar surface area (TPSA) is 9.23 Å². The van der Waals surface area contributed by atoms with Gasteiger partial charge in [-0.15, -0.1) is 0 Å². The summed E-state index contributed by atoms with van der Waals surface area (Å²) < 4.78 is 7.08. The van der Waals surface area contributed by atoms with Crippen LogP contribution in [0, 0.1) is 0 Å². The lowest BCUT2D eigenvalue weighted by Crippen LogP contribution is -2.66. The van der Waals surface area contributed by atoms with Crippen LogP contribution in [-0.4, -0.2) is 14.9 Å². The van der Waals surface area contributed by atoms with E-state index in [1.807, 2.05) is 0 Å². The third-order valence-electron chi connectivity index (χ3n) is 8.53. The molecule has 0 heterocycles. The van der Waals surface area contributed by atoms with Crippen molar-refractivity contribution in [3.8, 4) is 0 Å². The molecule has 1 atom stereocenters. The molecule has 0 radical (unpaired) electrons. The van der Waals surface area contributed by atoms with Crippen LogP contribution in [0.4, 0.5) is 0 Å². The normalized spacial score (nSPS) is 14.0. The van der Waals surface area contributed by atoms with Crippen molar-refractivity contribution in [1.82, 2.24) is 0 Å². The van der Waals surface area contributed by atoms with E-state index in [9.17, 15) is 0 Å².